The Bertz CT molecular complexity index is 1020. The molecule has 1 aromatic heterocycles. The van der Waals surface area contributed by atoms with Crippen LogP contribution >= 0.6 is 0 Å². The molecule has 0 aliphatic rings. The molecule has 0 aliphatic heterocycles. The predicted octanol–water partition coefficient (Wildman–Crippen LogP) is 6.06. The number of nitrogens with two attached hydrogens (primary N) is 1. The minimum absolute atomic E-state index is 0.333. The first kappa shape index (κ1) is 22.6. The molecule has 0 atom stereocenters. The van der Waals surface area contributed by atoms with Crippen molar-refractivity contribution >= 4 is 16.8 Å². The highest BCUT2D eigenvalue weighted by atomic mass is 16.5. The first-order valence-electron chi connectivity index (χ1n) is 9.88. The number of nitrogens with one attached hydrogen (secondary N) is 1. The average molecular weight is 405 g/mol. The smallest absolute Gasteiger partial charge is 0.214 e. The van der Waals surface area contributed by atoms with Gasteiger partial charge in [0.15, 0.2) is 0 Å². The highest BCUT2D eigenvalue weighted by Gasteiger charge is 2.01. The van der Waals surface area contributed by atoms with E-state index in [4.69, 9.17) is 9.47 Å². The maximum atomic E-state index is 9.22. The number of H-pyrrole nitrogens is 1. The zero-order valence-electron chi connectivity index (χ0n) is 17.6. The minimum Gasteiger partial charge on any atom is -0.489 e. The van der Waals surface area contributed by atoms with Gasteiger partial charge in [-0.05, 0) is 54.1 Å². The van der Waals surface area contributed by atoms with Crippen molar-refractivity contribution in [3.8, 4) is 17.2 Å². The molecule has 4 aromatic rings. The van der Waals surface area contributed by atoms with Crippen molar-refractivity contribution in [3.63, 3.8) is 0 Å². The maximum absolute atomic E-state index is 9.22. The Kier molecular flexibility index (Phi) is 9.00. The van der Waals surface area contributed by atoms with Crippen molar-refractivity contribution in [1.29, 1.82) is 0 Å². The Labute approximate surface area is 177 Å². The van der Waals surface area contributed by atoms with Crippen molar-refractivity contribution in [2.24, 2.45) is 5.73 Å². The number of hydrogen-bond donors (Lipinski definition) is 2. The number of ether oxygens (including phenoxy) is 2. The standard InChI is InChI=1S/C21H17NO2.C2H5NO.C2H6/c1-2-4-16(5-3-1)15-23-18-6-8-19(9-7-18)24-20-10-11-21-17(14-20)12-13-22-21;1-2(3)4;1-2/h1-14,22H,15H2;1H3,(H2,3,4);1-2H3. The van der Waals surface area contributed by atoms with Crippen LogP contribution in [0.5, 0.6) is 17.2 Å². The summed E-state index contributed by atoms with van der Waals surface area (Å²) in [5.41, 5.74) is 6.73. The van der Waals surface area contributed by atoms with Crippen LogP contribution in [0.1, 0.15) is 26.3 Å². The molecule has 3 N–H and O–H groups in total. The van der Waals surface area contributed by atoms with E-state index >= 15 is 0 Å². The number of rotatable bonds is 5. The van der Waals surface area contributed by atoms with Gasteiger partial charge in [0, 0.05) is 24.0 Å². The molecule has 0 bridgehead atoms. The van der Waals surface area contributed by atoms with E-state index in [9.17, 15) is 4.79 Å². The van der Waals surface area contributed by atoms with Crippen molar-refractivity contribution in [2.45, 2.75) is 27.4 Å². The molecule has 0 saturated carbocycles. The van der Waals surface area contributed by atoms with Crippen LogP contribution in [0.3, 0.4) is 0 Å². The lowest BCUT2D eigenvalue weighted by molar-refractivity contribution is -0.115. The topological polar surface area (TPSA) is 77.3 Å². The number of fused-ring (bicyclic) bond motifs is 1. The van der Waals surface area contributed by atoms with Crippen LogP contribution in [0.2, 0.25) is 0 Å². The lowest BCUT2D eigenvalue weighted by atomic mass is 10.2. The quantitative estimate of drug-likeness (QED) is 0.424. The molecule has 0 unspecified atom stereocenters. The summed E-state index contributed by atoms with van der Waals surface area (Å²) in [5, 5.41) is 1.13. The summed E-state index contributed by atoms with van der Waals surface area (Å²) in [4.78, 5) is 12.4. The highest BCUT2D eigenvalue weighted by molar-refractivity contribution is 5.80. The Morgan fingerprint density at radius 3 is 2.13 bits per heavy atom. The summed E-state index contributed by atoms with van der Waals surface area (Å²) in [5.74, 6) is 2.10. The van der Waals surface area contributed by atoms with Gasteiger partial charge in [0.1, 0.15) is 23.9 Å². The Hall–Kier alpha value is -3.73. The maximum Gasteiger partial charge on any atom is 0.214 e. The molecule has 4 rings (SSSR count). The van der Waals surface area contributed by atoms with E-state index in [1.54, 1.807) is 0 Å². The molecule has 156 valence electrons. The van der Waals surface area contributed by atoms with Gasteiger partial charge in [-0.15, -0.1) is 0 Å². The minimum atomic E-state index is -0.333. The summed E-state index contributed by atoms with van der Waals surface area (Å²) in [6.45, 7) is 5.87. The van der Waals surface area contributed by atoms with E-state index in [-0.39, 0.29) is 5.91 Å². The molecular formula is C25H28N2O3. The van der Waals surface area contributed by atoms with E-state index in [1.807, 2.05) is 86.8 Å². The summed E-state index contributed by atoms with van der Waals surface area (Å²) in [6, 6.07) is 25.8. The monoisotopic (exact) mass is 404 g/mol. The van der Waals surface area contributed by atoms with Crippen LogP contribution in [-0.2, 0) is 11.4 Å². The molecule has 5 nitrogen and oxygen atoms in total. The fraction of sp³-hybridized carbons (Fsp3) is 0.160. The van der Waals surface area contributed by atoms with Crippen molar-refractivity contribution in [3.05, 3.63) is 90.6 Å². The second kappa shape index (κ2) is 12.0. The predicted molar refractivity (Wildman–Crippen MR) is 122 cm³/mol. The number of amides is 1. The Morgan fingerprint density at radius 1 is 0.867 bits per heavy atom. The number of primary amides is 1. The third-order valence-corrected chi connectivity index (χ3v) is 3.83. The molecule has 0 fully saturated rings. The molecule has 1 heterocycles. The van der Waals surface area contributed by atoms with Gasteiger partial charge in [-0.25, -0.2) is 0 Å². The summed E-state index contributed by atoms with van der Waals surface area (Å²) >= 11 is 0. The van der Waals surface area contributed by atoms with Gasteiger partial charge >= 0.3 is 0 Å². The van der Waals surface area contributed by atoms with Crippen LogP contribution in [0.25, 0.3) is 10.9 Å². The second-order valence-electron chi connectivity index (χ2n) is 6.19. The number of hydrogen-bond acceptors (Lipinski definition) is 3. The lowest BCUT2D eigenvalue weighted by Gasteiger charge is -2.09. The van der Waals surface area contributed by atoms with Gasteiger partial charge in [0.05, 0.1) is 0 Å². The number of aromatic amines is 1. The summed E-state index contributed by atoms with van der Waals surface area (Å²) < 4.78 is 11.7. The van der Waals surface area contributed by atoms with Gasteiger partial charge in [0.25, 0.3) is 0 Å². The molecule has 0 aliphatic carbocycles. The first-order valence-corrected chi connectivity index (χ1v) is 9.88. The van der Waals surface area contributed by atoms with E-state index in [1.165, 1.54) is 6.92 Å². The second-order valence-corrected chi connectivity index (χ2v) is 6.19. The van der Waals surface area contributed by atoms with Gasteiger partial charge in [0.2, 0.25) is 5.91 Å². The lowest BCUT2D eigenvalue weighted by Crippen LogP contribution is -2.01. The molecule has 1 amide bonds. The largest absolute Gasteiger partial charge is 0.489 e. The summed E-state index contributed by atoms with van der Waals surface area (Å²) in [7, 11) is 0. The SMILES string of the molecule is CC.CC(N)=O.c1ccc(COc2ccc(Oc3ccc4[nH]ccc4c3)cc2)cc1. The number of benzene rings is 3. The van der Waals surface area contributed by atoms with E-state index < -0.39 is 0 Å². The third kappa shape index (κ3) is 7.36. The zero-order chi connectivity index (χ0) is 21.8. The molecule has 30 heavy (non-hydrogen) atoms. The van der Waals surface area contributed by atoms with E-state index in [2.05, 4.69) is 22.9 Å². The number of carbonyl (C=O) groups excluding carboxylic acids is 1. The molecular weight excluding hydrogens is 376 g/mol. The van der Waals surface area contributed by atoms with Gasteiger partial charge in [-0.2, -0.15) is 0 Å². The van der Waals surface area contributed by atoms with Crippen LogP contribution in [0.15, 0.2) is 85.1 Å². The van der Waals surface area contributed by atoms with Crippen molar-refractivity contribution in [2.75, 3.05) is 0 Å². The van der Waals surface area contributed by atoms with Gasteiger partial charge in [-0.1, -0.05) is 44.2 Å². The van der Waals surface area contributed by atoms with Gasteiger partial charge < -0.3 is 20.2 Å². The molecule has 0 saturated heterocycles. The van der Waals surface area contributed by atoms with Gasteiger partial charge in [-0.3, -0.25) is 4.79 Å². The fourth-order valence-electron chi connectivity index (χ4n) is 2.58. The third-order valence-electron chi connectivity index (χ3n) is 3.83. The van der Waals surface area contributed by atoms with Crippen LogP contribution < -0.4 is 15.2 Å². The van der Waals surface area contributed by atoms with Crippen molar-refractivity contribution < 1.29 is 14.3 Å². The fourth-order valence-corrected chi connectivity index (χ4v) is 2.58. The van der Waals surface area contributed by atoms with E-state index in [0.717, 1.165) is 33.7 Å². The van der Waals surface area contributed by atoms with Crippen LogP contribution in [0.4, 0.5) is 0 Å². The average Bonchev–Trinajstić information content (AvgIpc) is 3.23. The number of carbonyl (C=O) groups is 1. The Balaban J connectivity index is 0.000000481. The number of aromatic nitrogens is 1. The molecule has 0 spiro atoms. The summed E-state index contributed by atoms with van der Waals surface area (Å²) in [6.07, 6.45) is 1.92. The molecule has 5 heteroatoms. The van der Waals surface area contributed by atoms with Crippen LogP contribution in [-0.4, -0.2) is 10.9 Å². The molecule has 3 aromatic carbocycles. The van der Waals surface area contributed by atoms with E-state index in [0.29, 0.717) is 6.61 Å². The highest BCUT2D eigenvalue weighted by Crippen LogP contribution is 2.26. The van der Waals surface area contributed by atoms with Crippen LogP contribution in [0, 0.1) is 0 Å². The molecule has 0 radical (unpaired) electrons. The normalized spacial score (nSPS) is 9.57. The first-order chi connectivity index (χ1) is 14.6. The Morgan fingerprint density at radius 2 is 1.47 bits per heavy atom. The van der Waals surface area contributed by atoms with Crippen molar-refractivity contribution in [1.82, 2.24) is 4.98 Å². The zero-order valence-corrected chi connectivity index (χ0v) is 17.6.